The van der Waals surface area contributed by atoms with Crippen molar-refractivity contribution in [2.24, 2.45) is 5.92 Å². The van der Waals surface area contributed by atoms with Crippen LogP contribution in [0.1, 0.15) is 49.1 Å². The summed E-state index contributed by atoms with van der Waals surface area (Å²) in [6, 6.07) is 1.66. The van der Waals surface area contributed by atoms with Crippen LogP contribution in [0, 0.1) is 5.92 Å². The van der Waals surface area contributed by atoms with Crippen molar-refractivity contribution in [3.8, 4) is 0 Å². The number of aromatic carboxylic acids is 1. The fourth-order valence-corrected chi connectivity index (χ4v) is 1.58. The number of carbonyl (C=O) groups is 1. The summed E-state index contributed by atoms with van der Waals surface area (Å²) in [5.74, 6) is 0.982. The average molecular weight is 210 g/mol. The van der Waals surface area contributed by atoms with Crippen molar-refractivity contribution in [1.29, 1.82) is 0 Å². The zero-order valence-electron chi connectivity index (χ0n) is 9.54. The van der Waals surface area contributed by atoms with Gasteiger partial charge in [-0.15, -0.1) is 0 Å². The molecule has 0 amide bonds. The second-order valence-electron chi connectivity index (χ2n) is 4.20. The van der Waals surface area contributed by atoms with Gasteiger partial charge in [-0.25, -0.2) is 4.79 Å². The van der Waals surface area contributed by atoms with Crippen LogP contribution in [0.4, 0.5) is 0 Å². The molecule has 1 rings (SSSR count). The highest BCUT2D eigenvalue weighted by atomic mass is 16.4. The molecule has 0 unspecified atom stereocenters. The van der Waals surface area contributed by atoms with E-state index in [-0.39, 0.29) is 0 Å². The van der Waals surface area contributed by atoms with Gasteiger partial charge in [0.25, 0.3) is 0 Å². The highest BCUT2D eigenvalue weighted by Gasteiger charge is 2.16. The van der Waals surface area contributed by atoms with Gasteiger partial charge in [-0.2, -0.15) is 0 Å². The fraction of sp³-hybridized carbons (Fsp3) is 0.583. The van der Waals surface area contributed by atoms with E-state index in [0.717, 1.165) is 18.6 Å². The minimum Gasteiger partial charge on any atom is -0.478 e. The first-order valence-electron chi connectivity index (χ1n) is 5.39. The third-order valence-electron chi connectivity index (χ3n) is 2.18. The second-order valence-corrected chi connectivity index (χ2v) is 4.20. The predicted molar refractivity (Wildman–Crippen MR) is 58.2 cm³/mol. The highest BCUT2D eigenvalue weighted by Crippen LogP contribution is 2.19. The zero-order valence-corrected chi connectivity index (χ0v) is 9.54. The van der Waals surface area contributed by atoms with Gasteiger partial charge in [-0.3, -0.25) is 0 Å². The van der Waals surface area contributed by atoms with Gasteiger partial charge >= 0.3 is 5.97 Å². The number of hydrogen-bond donors (Lipinski definition) is 1. The standard InChI is InChI=1S/C12H18O3/c1-4-5-11-10(12(13)14)7-9(15-11)6-8(2)3/h7-8H,4-6H2,1-3H3,(H,13,14). The van der Waals surface area contributed by atoms with Crippen molar-refractivity contribution in [3.63, 3.8) is 0 Å². The first-order chi connectivity index (χ1) is 7.04. The van der Waals surface area contributed by atoms with E-state index in [0.29, 0.717) is 23.7 Å². The van der Waals surface area contributed by atoms with E-state index in [4.69, 9.17) is 9.52 Å². The first-order valence-corrected chi connectivity index (χ1v) is 5.39. The molecule has 0 saturated carbocycles. The quantitative estimate of drug-likeness (QED) is 0.812. The maximum atomic E-state index is 10.9. The van der Waals surface area contributed by atoms with Crippen molar-refractivity contribution in [2.45, 2.75) is 40.0 Å². The zero-order chi connectivity index (χ0) is 11.4. The van der Waals surface area contributed by atoms with Crippen molar-refractivity contribution in [1.82, 2.24) is 0 Å². The van der Waals surface area contributed by atoms with Gasteiger partial charge in [-0.1, -0.05) is 20.8 Å². The highest BCUT2D eigenvalue weighted by molar-refractivity contribution is 5.88. The molecule has 1 N–H and O–H groups in total. The number of aryl methyl sites for hydroxylation is 1. The van der Waals surface area contributed by atoms with E-state index >= 15 is 0 Å². The molecule has 84 valence electrons. The third-order valence-corrected chi connectivity index (χ3v) is 2.18. The summed E-state index contributed by atoms with van der Waals surface area (Å²) in [6.45, 7) is 6.18. The molecule has 1 aromatic rings. The molecule has 0 radical (unpaired) electrons. The minimum atomic E-state index is -0.891. The lowest BCUT2D eigenvalue weighted by molar-refractivity contribution is 0.0694. The van der Waals surface area contributed by atoms with Crippen LogP contribution in [0.25, 0.3) is 0 Å². The Balaban J connectivity index is 2.93. The van der Waals surface area contributed by atoms with Crippen molar-refractivity contribution in [3.05, 3.63) is 23.2 Å². The van der Waals surface area contributed by atoms with E-state index in [1.807, 2.05) is 6.92 Å². The van der Waals surface area contributed by atoms with Crippen molar-refractivity contribution < 1.29 is 14.3 Å². The summed E-state index contributed by atoms with van der Waals surface area (Å²) in [5, 5.41) is 8.98. The molecular formula is C12H18O3. The Kier molecular flexibility index (Phi) is 3.95. The van der Waals surface area contributed by atoms with Crippen LogP contribution >= 0.6 is 0 Å². The number of hydrogen-bond acceptors (Lipinski definition) is 2. The van der Waals surface area contributed by atoms with Crippen molar-refractivity contribution >= 4 is 5.97 Å². The maximum absolute atomic E-state index is 10.9. The topological polar surface area (TPSA) is 50.4 Å². The van der Waals surface area contributed by atoms with Crippen LogP contribution in [0.5, 0.6) is 0 Å². The number of rotatable bonds is 5. The van der Waals surface area contributed by atoms with E-state index in [1.54, 1.807) is 6.07 Å². The lowest BCUT2D eigenvalue weighted by atomic mass is 10.1. The molecule has 0 spiro atoms. The molecule has 0 aliphatic heterocycles. The Bertz CT molecular complexity index is 337. The molecular weight excluding hydrogens is 192 g/mol. The monoisotopic (exact) mass is 210 g/mol. The van der Waals surface area contributed by atoms with Crippen LogP contribution in [-0.4, -0.2) is 11.1 Å². The summed E-state index contributed by atoms with van der Waals surface area (Å²) in [5.41, 5.74) is 0.326. The minimum absolute atomic E-state index is 0.326. The second kappa shape index (κ2) is 5.01. The lowest BCUT2D eigenvalue weighted by Crippen LogP contribution is -1.98. The summed E-state index contributed by atoms with van der Waals surface area (Å²) in [7, 11) is 0. The normalized spacial score (nSPS) is 10.9. The van der Waals surface area contributed by atoms with E-state index in [2.05, 4.69) is 13.8 Å². The van der Waals surface area contributed by atoms with E-state index < -0.39 is 5.97 Å². The van der Waals surface area contributed by atoms with Crippen LogP contribution < -0.4 is 0 Å². The molecule has 3 nitrogen and oxygen atoms in total. The first kappa shape index (κ1) is 11.8. The average Bonchev–Trinajstić information content (AvgIpc) is 2.47. The molecule has 0 fully saturated rings. The summed E-state index contributed by atoms with van der Waals surface area (Å²) in [6.07, 6.45) is 2.39. The Labute approximate surface area is 90.1 Å². The molecule has 0 bridgehead atoms. The van der Waals surface area contributed by atoms with Gasteiger partial charge in [-0.05, 0) is 18.4 Å². The number of carboxylic acids is 1. The maximum Gasteiger partial charge on any atom is 0.339 e. The summed E-state index contributed by atoms with van der Waals surface area (Å²) < 4.78 is 5.55. The van der Waals surface area contributed by atoms with Gasteiger partial charge in [0.15, 0.2) is 0 Å². The van der Waals surface area contributed by atoms with Crippen LogP contribution in [0.15, 0.2) is 10.5 Å². The van der Waals surface area contributed by atoms with E-state index in [9.17, 15) is 4.79 Å². The SMILES string of the molecule is CCCc1oc(CC(C)C)cc1C(=O)O. The number of furan rings is 1. The molecule has 0 aromatic carbocycles. The Morgan fingerprint density at radius 2 is 2.20 bits per heavy atom. The molecule has 1 heterocycles. The molecule has 0 aliphatic carbocycles. The van der Waals surface area contributed by atoms with Crippen molar-refractivity contribution in [2.75, 3.05) is 0 Å². The molecule has 1 aromatic heterocycles. The smallest absolute Gasteiger partial charge is 0.339 e. The molecule has 0 saturated heterocycles. The Morgan fingerprint density at radius 1 is 1.53 bits per heavy atom. The van der Waals surface area contributed by atoms with Crippen LogP contribution in [0.3, 0.4) is 0 Å². The van der Waals surface area contributed by atoms with E-state index in [1.165, 1.54) is 0 Å². The largest absolute Gasteiger partial charge is 0.478 e. The lowest BCUT2D eigenvalue weighted by Gasteiger charge is -1.99. The molecule has 15 heavy (non-hydrogen) atoms. The molecule has 3 heteroatoms. The third kappa shape index (κ3) is 3.11. The number of carboxylic acid groups (broad SMARTS) is 1. The molecule has 0 atom stereocenters. The van der Waals surface area contributed by atoms with Gasteiger partial charge in [0.1, 0.15) is 17.1 Å². The summed E-state index contributed by atoms with van der Waals surface area (Å²) in [4.78, 5) is 10.9. The van der Waals surface area contributed by atoms with Gasteiger partial charge in [0.05, 0.1) is 0 Å². The van der Waals surface area contributed by atoms with Gasteiger partial charge in [0, 0.05) is 12.8 Å². The van der Waals surface area contributed by atoms with Crippen LogP contribution in [-0.2, 0) is 12.8 Å². The Morgan fingerprint density at radius 3 is 2.67 bits per heavy atom. The van der Waals surface area contributed by atoms with Gasteiger partial charge in [0.2, 0.25) is 0 Å². The van der Waals surface area contributed by atoms with Gasteiger partial charge < -0.3 is 9.52 Å². The Hall–Kier alpha value is -1.25. The van der Waals surface area contributed by atoms with Crippen LogP contribution in [0.2, 0.25) is 0 Å². The summed E-state index contributed by atoms with van der Waals surface area (Å²) >= 11 is 0. The predicted octanol–water partition coefficient (Wildman–Crippen LogP) is 3.13. The fourth-order valence-electron chi connectivity index (χ4n) is 1.58. The molecule has 0 aliphatic rings.